The van der Waals surface area contributed by atoms with Crippen molar-refractivity contribution in [1.29, 1.82) is 0 Å². The minimum Gasteiger partial charge on any atom is -0.354 e. The van der Waals surface area contributed by atoms with E-state index in [1.807, 2.05) is 6.92 Å². The Balaban J connectivity index is 2.42. The van der Waals surface area contributed by atoms with Crippen LogP contribution in [0.1, 0.15) is 29.7 Å². The summed E-state index contributed by atoms with van der Waals surface area (Å²) in [7, 11) is 0. The number of rotatable bonds is 6. The van der Waals surface area contributed by atoms with Gasteiger partial charge in [0.2, 0.25) is 0 Å². The van der Waals surface area contributed by atoms with Gasteiger partial charge in [0.15, 0.2) is 11.8 Å². The zero-order chi connectivity index (χ0) is 15.9. The van der Waals surface area contributed by atoms with E-state index < -0.39 is 17.7 Å². The molecular formula is C17H18N2O3. The van der Waals surface area contributed by atoms with E-state index in [1.54, 1.807) is 42.5 Å². The minimum absolute atomic E-state index is 0.386. The number of hydrogen-bond donors (Lipinski definition) is 1. The summed E-state index contributed by atoms with van der Waals surface area (Å²) >= 11 is 0. The summed E-state index contributed by atoms with van der Waals surface area (Å²) < 4.78 is 1.17. The SMILES string of the molecule is CCCNC(=O)[C@@H](C(=O)c1ccccc1)n1ccccc1=O. The summed E-state index contributed by atoms with van der Waals surface area (Å²) in [5.74, 6) is -0.869. The molecule has 0 spiro atoms. The predicted molar refractivity (Wildman–Crippen MR) is 83.8 cm³/mol. The zero-order valence-corrected chi connectivity index (χ0v) is 12.4. The van der Waals surface area contributed by atoms with Crippen molar-refractivity contribution in [2.75, 3.05) is 6.54 Å². The third kappa shape index (κ3) is 3.49. The molecule has 2 aromatic rings. The average Bonchev–Trinajstić information content (AvgIpc) is 2.55. The second-order valence-corrected chi connectivity index (χ2v) is 4.87. The van der Waals surface area contributed by atoms with Gasteiger partial charge < -0.3 is 5.32 Å². The Morgan fingerprint density at radius 3 is 2.41 bits per heavy atom. The van der Waals surface area contributed by atoms with E-state index in [0.717, 1.165) is 6.42 Å². The van der Waals surface area contributed by atoms with Crippen molar-refractivity contribution in [2.24, 2.45) is 0 Å². The predicted octanol–water partition coefficient (Wildman–Crippen LogP) is 1.80. The van der Waals surface area contributed by atoms with Crippen LogP contribution in [0.25, 0.3) is 0 Å². The molecule has 0 radical (unpaired) electrons. The number of ketones is 1. The monoisotopic (exact) mass is 298 g/mol. The number of benzene rings is 1. The normalized spacial score (nSPS) is 11.7. The van der Waals surface area contributed by atoms with Crippen LogP contribution in [-0.4, -0.2) is 22.8 Å². The highest BCUT2D eigenvalue weighted by Gasteiger charge is 2.29. The van der Waals surface area contributed by atoms with Crippen LogP contribution < -0.4 is 10.9 Å². The number of nitrogens with zero attached hydrogens (tertiary/aromatic N) is 1. The fourth-order valence-electron chi connectivity index (χ4n) is 2.13. The summed E-state index contributed by atoms with van der Waals surface area (Å²) in [6, 6.07) is 11.8. The summed E-state index contributed by atoms with van der Waals surface area (Å²) in [5.41, 5.74) is 0.0123. The average molecular weight is 298 g/mol. The molecule has 1 aromatic heterocycles. The number of hydrogen-bond acceptors (Lipinski definition) is 3. The van der Waals surface area contributed by atoms with Gasteiger partial charge in [0.05, 0.1) is 0 Å². The number of aromatic nitrogens is 1. The summed E-state index contributed by atoms with van der Waals surface area (Å²) in [6.45, 7) is 2.38. The summed E-state index contributed by atoms with van der Waals surface area (Å²) in [5, 5.41) is 2.69. The van der Waals surface area contributed by atoms with Gasteiger partial charge in [-0.25, -0.2) is 0 Å². The Bertz CT molecular complexity index is 707. The highest BCUT2D eigenvalue weighted by molar-refractivity contribution is 6.11. The van der Waals surface area contributed by atoms with Crippen molar-refractivity contribution in [2.45, 2.75) is 19.4 Å². The van der Waals surface area contributed by atoms with E-state index in [-0.39, 0.29) is 5.56 Å². The lowest BCUT2D eigenvalue weighted by Gasteiger charge is -2.18. The zero-order valence-electron chi connectivity index (χ0n) is 12.4. The first kappa shape index (κ1) is 15.7. The highest BCUT2D eigenvalue weighted by atomic mass is 16.2. The van der Waals surface area contributed by atoms with Gasteiger partial charge in [-0.2, -0.15) is 0 Å². The molecule has 0 aliphatic rings. The lowest BCUT2D eigenvalue weighted by molar-refractivity contribution is -0.123. The van der Waals surface area contributed by atoms with Crippen molar-refractivity contribution in [1.82, 2.24) is 9.88 Å². The molecule has 114 valence electrons. The Morgan fingerprint density at radius 1 is 1.09 bits per heavy atom. The first-order valence-corrected chi connectivity index (χ1v) is 7.19. The highest BCUT2D eigenvalue weighted by Crippen LogP contribution is 2.13. The van der Waals surface area contributed by atoms with Crippen molar-refractivity contribution in [3.8, 4) is 0 Å². The van der Waals surface area contributed by atoms with Crippen molar-refractivity contribution < 1.29 is 9.59 Å². The molecular weight excluding hydrogens is 280 g/mol. The van der Waals surface area contributed by atoms with E-state index in [1.165, 1.54) is 16.8 Å². The molecule has 1 atom stereocenters. The molecule has 5 heteroatoms. The quantitative estimate of drug-likeness (QED) is 0.653. The smallest absolute Gasteiger partial charge is 0.251 e. The number of Topliss-reactive ketones (excluding diaryl/α,β-unsaturated/α-hetero) is 1. The Labute approximate surface area is 128 Å². The van der Waals surface area contributed by atoms with Gasteiger partial charge in [0, 0.05) is 24.4 Å². The fourth-order valence-corrected chi connectivity index (χ4v) is 2.13. The number of carbonyl (C=O) groups excluding carboxylic acids is 2. The van der Waals surface area contributed by atoms with E-state index in [9.17, 15) is 14.4 Å². The van der Waals surface area contributed by atoms with Gasteiger partial charge in [-0.15, -0.1) is 0 Å². The summed E-state index contributed by atoms with van der Waals surface area (Å²) in [4.78, 5) is 37.1. The molecule has 0 saturated carbocycles. The summed E-state index contributed by atoms with van der Waals surface area (Å²) in [6.07, 6.45) is 2.21. The van der Waals surface area contributed by atoms with Crippen molar-refractivity contribution in [3.05, 3.63) is 70.6 Å². The minimum atomic E-state index is -1.19. The second kappa shape index (κ2) is 7.36. The number of pyridine rings is 1. The standard InChI is InChI=1S/C17H18N2O3/c1-2-11-18-17(22)15(19-12-7-6-10-14(19)20)16(21)13-8-4-3-5-9-13/h3-10,12,15H,2,11H2,1H3,(H,18,22)/t15-/m1/s1. The van der Waals surface area contributed by atoms with Crippen LogP contribution in [0.5, 0.6) is 0 Å². The Morgan fingerprint density at radius 2 is 1.77 bits per heavy atom. The maximum Gasteiger partial charge on any atom is 0.251 e. The number of amides is 1. The van der Waals surface area contributed by atoms with Crippen LogP contribution in [-0.2, 0) is 4.79 Å². The van der Waals surface area contributed by atoms with Gasteiger partial charge in [-0.3, -0.25) is 19.0 Å². The third-order valence-corrected chi connectivity index (χ3v) is 3.23. The lowest BCUT2D eigenvalue weighted by Crippen LogP contribution is -2.41. The molecule has 0 unspecified atom stereocenters. The second-order valence-electron chi connectivity index (χ2n) is 4.87. The Hall–Kier alpha value is -2.69. The van der Waals surface area contributed by atoms with Crippen LogP contribution in [0.15, 0.2) is 59.5 Å². The van der Waals surface area contributed by atoms with Gasteiger partial charge in [0.25, 0.3) is 11.5 Å². The third-order valence-electron chi connectivity index (χ3n) is 3.23. The van der Waals surface area contributed by atoms with E-state index in [4.69, 9.17) is 0 Å². The molecule has 2 rings (SSSR count). The lowest BCUT2D eigenvalue weighted by atomic mass is 10.0. The Kier molecular flexibility index (Phi) is 5.25. The maximum atomic E-state index is 12.7. The van der Waals surface area contributed by atoms with Crippen LogP contribution in [0.2, 0.25) is 0 Å². The largest absolute Gasteiger partial charge is 0.354 e. The van der Waals surface area contributed by atoms with E-state index in [0.29, 0.717) is 12.1 Å². The topological polar surface area (TPSA) is 68.2 Å². The molecule has 0 bridgehead atoms. The number of carbonyl (C=O) groups is 2. The molecule has 0 fully saturated rings. The molecule has 0 saturated heterocycles. The van der Waals surface area contributed by atoms with E-state index >= 15 is 0 Å². The van der Waals surface area contributed by atoms with Crippen molar-refractivity contribution >= 4 is 11.7 Å². The molecule has 1 amide bonds. The first-order chi connectivity index (χ1) is 10.6. The molecule has 1 heterocycles. The van der Waals surface area contributed by atoms with Gasteiger partial charge >= 0.3 is 0 Å². The van der Waals surface area contributed by atoms with Gasteiger partial charge in [-0.1, -0.05) is 43.3 Å². The fraction of sp³-hybridized carbons (Fsp3) is 0.235. The molecule has 1 N–H and O–H groups in total. The number of nitrogens with one attached hydrogen (secondary N) is 1. The van der Waals surface area contributed by atoms with Crippen LogP contribution in [0, 0.1) is 0 Å². The first-order valence-electron chi connectivity index (χ1n) is 7.19. The van der Waals surface area contributed by atoms with Gasteiger partial charge in [-0.05, 0) is 12.5 Å². The molecule has 1 aromatic carbocycles. The van der Waals surface area contributed by atoms with E-state index in [2.05, 4.69) is 5.32 Å². The van der Waals surface area contributed by atoms with Crippen molar-refractivity contribution in [3.63, 3.8) is 0 Å². The molecule has 22 heavy (non-hydrogen) atoms. The van der Waals surface area contributed by atoms with Crippen LogP contribution in [0.4, 0.5) is 0 Å². The van der Waals surface area contributed by atoms with Crippen LogP contribution >= 0.6 is 0 Å². The molecule has 0 aliphatic carbocycles. The molecule has 5 nitrogen and oxygen atoms in total. The maximum absolute atomic E-state index is 12.7. The molecule has 0 aliphatic heterocycles. The van der Waals surface area contributed by atoms with Gasteiger partial charge in [0.1, 0.15) is 0 Å². The van der Waals surface area contributed by atoms with Crippen LogP contribution in [0.3, 0.4) is 0 Å².